The van der Waals surface area contributed by atoms with Gasteiger partial charge in [-0.15, -0.1) is 0 Å². The van der Waals surface area contributed by atoms with E-state index in [-0.39, 0.29) is 16.3 Å². The number of ether oxygens (including phenoxy) is 1. The average Bonchev–Trinajstić information content (AvgIpc) is 2.82. The number of pyridine rings is 1. The lowest BCUT2D eigenvalue weighted by Gasteiger charge is -2.16. The Labute approximate surface area is 199 Å². The van der Waals surface area contributed by atoms with E-state index in [0.717, 1.165) is 5.56 Å². The first-order valence-corrected chi connectivity index (χ1v) is 10.7. The molecule has 4 aromatic rings. The molecular weight excluding hydrogens is 463 g/mol. The van der Waals surface area contributed by atoms with Gasteiger partial charge >= 0.3 is 5.97 Å². The molecule has 0 spiro atoms. The predicted octanol–water partition coefficient (Wildman–Crippen LogP) is 5.31. The molecule has 4 rings (SSSR count). The van der Waals surface area contributed by atoms with Gasteiger partial charge in [0, 0.05) is 23.7 Å². The van der Waals surface area contributed by atoms with Crippen LogP contribution in [0.3, 0.4) is 0 Å². The van der Waals surface area contributed by atoms with Crippen molar-refractivity contribution < 1.29 is 14.3 Å². The summed E-state index contributed by atoms with van der Waals surface area (Å²) in [6.07, 6.45) is 0. The van der Waals surface area contributed by atoms with Gasteiger partial charge in [0.15, 0.2) is 6.61 Å². The fourth-order valence-electron chi connectivity index (χ4n) is 3.57. The van der Waals surface area contributed by atoms with E-state index in [1.54, 1.807) is 36.4 Å². The molecule has 0 saturated heterocycles. The van der Waals surface area contributed by atoms with Crippen molar-refractivity contribution >= 4 is 51.5 Å². The fraction of sp³-hybridized carbons (Fsp3) is 0.0800. The summed E-state index contributed by atoms with van der Waals surface area (Å²) >= 11 is 11.8. The van der Waals surface area contributed by atoms with E-state index in [2.05, 4.69) is 5.32 Å². The maximum Gasteiger partial charge on any atom is 0.356 e. The van der Waals surface area contributed by atoms with Crippen molar-refractivity contribution in [2.75, 3.05) is 11.9 Å². The second-order valence-electron chi connectivity index (χ2n) is 7.25. The maximum absolute atomic E-state index is 13.1. The molecule has 0 saturated carbocycles. The second kappa shape index (κ2) is 9.48. The Morgan fingerprint density at radius 1 is 0.909 bits per heavy atom. The van der Waals surface area contributed by atoms with E-state index in [0.29, 0.717) is 27.0 Å². The van der Waals surface area contributed by atoms with Crippen LogP contribution in [-0.2, 0) is 16.6 Å². The zero-order chi connectivity index (χ0) is 23.5. The molecule has 0 aliphatic carbocycles. The molecule has 1 N–H and O–H groups in total. The van der Waals surface area contributed by atoms with E-state index in [1.807, 2.05) is 30.3 Å². The number of rotatable bonds is 5. The molecule has 0 unspecified atom stereocenters. The van der Waals surface area contributed by atoms with Crippen LogP contribution in [0.5, 0.6) is 0 Å². The highest BCUT2D eigenvalue weighted by Crippen LogP contribution is 2.31. The van der Waals surface area contributed by atoms with Crippen molar-refractivity contribution in [1.82, 2.24) is 4.57 Å². The molecule has 166 valence electrons. The molecule has 0 aliphatic heterocycles. The van der Waals surface area contributed by atoms with Crippen molar-refractivity contribution in [2.24, 2.45) is 7.05 Å². The van der Waals surface area contributed by atoms with Gasteiger partial charge in [-0.2, -0.15) is 0 Å². The molecule has 6 nitrogen and oxygen atoms in total. The summed E-state index contributed by atoms with van der Waals surface area (Å²) < 4.78 is 6.55. The Hall–Kier alpha value is -3.61. The molecule has 0 radical (unpaired) electrons. The smallest absolute Gasteiger partial charge is 0.356 e. The lowest BCUT2D eigenvalue weighted by Crippen LogP contribution is -2.28. The first-order chi connectivity index (χ1) is 15.9. The summed E-state index contributed by atoms with van der Waals surface area (Å²) in [5, 5.41) is 4.33. The molecule has 0 aliphatic rings. The number of benzene rings is 3. The summed E-state index contributed by atoms with van der Waals surface area (Å²) in [5.74, 6) is -1.35. The number of anilines is 1. The van der Waals surface area contributed by atoms with Crippen molar-refractivity contribution in [3.05, 3.63) is 98.9 Å². The van der Waals surface area contributed by atoms with E-state index in [4.69, 9.17) is 27.9 Å². The van der Waals surface area contributed by atoms with Crippen molar-refractivity contribution in [3.63, 3.8) is 0 Å². The zero-order valence-corrected chi connectivity index (χ0v) is 19.0. The standard InChI is InChI=1S/C25H18Cl2N2O4/c1-29-23(25(32)33-14-21(30)28-16-11-12-19(26)20(27)13-16)22(15-7-3-2-4-8-15)17-9-5-6-10-18(17)24(29)31/h2-13H,14H2,1H3,(H,28,30). The van der Waals surface area contributed by atoms with Crippen LogP contribution in [0.4, 0.5) is 5.69 Å². The van der Waals surface area contributed by atoms with Crippen LogP contribution in [0.25, 0.3) is 21.9 Å². The van der Waals surface area contributed by atoms with Crippen LogP contribution in [0, 0.1) is 0 Å². The number of nitrogens with zero attached hydrogens (tertiary/aromatic N) is 1. The van der Waals surface area contributed by atoms with Gasteiger partial charge in [0.2, 0.25) is 0 Å². The molecule has 1 aromatic heterocycles. The second-order valence-corrected chi connectivity index (χ2v) is 8.07. The number of halogens is 2. The number of hydrogen-bond acceptors (Lipinski definition) is 4. The minimum absolute atomic E-state index is 0.0623. The molecule has 33 heavy (non-hydrogen) atoms. The molecule has 1 heterocycles. The maximum atomic E-state index is 13.1. The summed E-state index contributed by atoms with van der Waals surface area (Å²) in [7, 11) is 1.51. The average molecular weight is 481 g/mol. The number of nitrogens with one attached hydrogen (secondary N) is 1. The Morgan fingerprint density at radius 2 is 1.58 bits per heavy atom. The number of hydrogen-bond donors (Lipinski definition) is 1. The van der Waals surface area contributed by atoms with E-state index in [9.17, 15) is 14.4 Å². The number of amides is 1. The highest BCUT2D eigenvalue weighted by molar-refractivity contribution is 6.42. The van der Waals surface area contributed by atoms with Crippen LogP contribution >= 0.6 is 23.2 Å². The molecule has 3 aromatic carbocycles. The van der Waals surface area contributed by atoms with Gasteiger partial charge < -0.3 is 14.6 Å². The fourth-order valence-corrected chi connectivity index (χ4v) is 3.87. The van der Waals surface area contributed by atoms with Gasteiger partial charge in [-0.25, -0.2) is 4.79 Å². The number of esters is 1. The molecular formula is C25H18Cl2N2O4. The Balaban J connectivity index is 1.66. The van der Waals surface area contributed by atoms with Gasteiger partial charge in [-0.3, -0.25) is 9.59 Å². The largest absolute Gasteiger partial charge is 0.451 e. The van der Waals surface area contributed by atoms with Crippen LogP contribution in [0.1, 0.15) is 10.5 Å². The SMILES string of the molecule is Cn1c(C(=O)OCC(=O)Nc2ccc(Cl)c(Cl)c2)c(-c2ccccc2)c2ccccc2c1=O. The third kappa shape index (κ3) is 4.62. The van der Waals surface area contributed by atoms with Crippen molar-refractivity contribution in [3.8, 4) is 11.1 Å². The highest BCUT2D eigenvalue weighted by Gasteiger charge is 2.23. The number of aromatic nitrogens is 1. The van der Waals surface area contributed by atoms with E-state index >= 15 is 0 Å². The summed E-state index contributed by atoms with van der Waals surface area (Å²) in [5.41, 5.74) is 1.44. The van der Waals surface area contributed by atoms with Gasteiger partial charge in [0.1, 0.15) is 5.69 Å². The Bertz CT molecular complexity index is 1430. The summed E-state index contributed by atoms with van der Waals surface area (Å²) in [4.78, 5) is 38.4. The lowest BCUT2D eigenvalue weighted by atomic mass is 9.97. The van der Waals surface area contributed by atoms with Gasteiger partial charge in [-0.1, -0.05) is 71.7 Å². The van der Waals surface area contributed by atoms with Gasteiger partial charge in [0.05, 0.1) is 10.0 Å². The topological polar surface area (TPSA) is 77.4 Å². The first kappa shape index (κ1) is 22.6. The normalized spacial score (nSPS) is 10.8. The van der Waals surface area contributed by atoms with Crippen LogP contribution in [0.15, 0.2) is 77.6 Å². The number of carbonyl (C=O) groups excluding carboxylic acids is 2. The summed E-state index contributed by atoms with van der Waals surface area (Å²) in [6, 6.07) is 20.9. The van der Waals surface area contributed by atoms with Gasteiger partial charge in [-0.05, 0) is 35.2 Å². The minimum atomic E-state index is -0.788. The van der Waals surface area contributed by atoms with E-state index in [1.165, 1.54) is 17.7 Å². The van der Waals surface area contributed by atoms with Crippen molar-refractivity contribution in [1.29, 1.82) is 0 Å². The first-order valence-electron chi connectivity index (χ1n) is 9.96. The predicted molar refractivity (Wildman–Crippen MR) is 130 cm³/mol. The molecule has 0 bridgehead atoms. The Kier molecular flexibility index (Phi) is 6.49. The molecule has 8 heteroatoms. The highest BCUT2D eigenvalue weighted by atomic mass is 35.5. The Morgan fingerprint density at radius 3 is 2.27 bits per heavy atom. The lowest BCUT2D eigenvalue weighted by molar-refractivity contribution is -0.119. The zero-order valence-electron chi connectivity index (χ0n) is 17.5. The molecule has 0 atom stereocenters. The monoisotopic (exact) mass is 480 g/mol. The quantitative estimate of drug-likeness (QED) is 0.392. The third-order valence-corrected chi connectivity index (χ3v) is 5.84. The molecule has 0 fully saturated rings. The van der Waals surface area contributed by atoms with Crippen LogP contribution < -0.4 is 10.9 Å². The number of fused-ring (bicyclic) bond motifs is 1. The van der Waals surface area contributed by atoms with Crippen molar-refractivity contribution in [2.45, 2.75) is 0 Å². The minimum Gasteiger partial charge on any atom is -0.451 e. The molecule has 1 amide bonds. The summed E-state index contributed by atoms with van der Waals surface area (Å²) in [6.45, 7) is -0.547. The number of carbonyl (C=O) groups is 2. The van der Waals surface area contributed by atoms with E-state index < -0.39 is 18.5 Å². The van der Waals surface area contributed by atoms with Crippen LogP contribution in [0.2, 0.25) is 10.0 Å². The van der Waals surface area contributed by atoms with Crippen LogP contribution in [-0.4, -0.2) is 23.1 Å². The third-order valence-electron chi connectivity index (χ3n) is 5.10. The van der Waals surface area contributed by atoms with Gasteiger partial charge in [0.25, 0.3) is 11.5 Å².